The van der Waals surface area contributed by atoms with Crippen molar-refractivity contribution in [2.75, 3.05) is 6.61 Å². The first-order valence-electron chi connectivity index (χ1n) is 7.65. The van der Waals surface area contributed by atoms with Gasteiger partial charge in [0.15, 0.2) is 0 Å². The van der Waals surface area contributed by atoms with Crippen molar-refractivity contribution in [2.24, 2.45) is 11.8 Å². The van der Waals surface area contributed by atoms with E-state index in [1.807, 2.05) is 13.8 Å². The van der Waals surface area contributed by atoms with E-state index in [1.54, 1.807) is 22.2 Å². The molecule has 3 rings (SSSR count). The Morgan fingerprint density at radius 1 is 1.52 bits per heavy atom. The van der Waals surface area contributed by atoms with Crippen LogP contribution in [0.5, 0.6) is 0 Å². The summed E-state index contributed by atoms with van der Waals surface area (Å²) in [4.78, 5) is 19.5. The van der Waals surface area contributed by atoms with Crippen LogP contribution in [-0.2, 0) is 12.8 Å². The lowest BCUT2D eigenvalue weighted by atomic mass is 9.89. The van der Waals surface area contributed by atoms with Crippen molar-refractivity contribution in [3.05, 3.63) is 27.1 Å². The summed E-state index contributed by atoms with van der Waals surface area (Å²) in [5, 5.41) is 10.4. The summed E-state index contributed by atoms with van der Waals surface area (Å²) >= 11 is 1.67. The molecule has 0 aliphatic heterocycles. The summed E-state index contributed by atoms with van der Waals surface area (Å²) in [5.74, 6) is 0.884. The van der Waals surface area contributed by atoms with Crippen molar-refractivity contribution in [3.63, 3.8) is 0 Å². The number of aromatic nitrogens is 2. The number of thiophene rings is 1. The summed E-state index contributed by atoms with van der Waals surface area (Å²) in [5.41, 5.74) is 1.22. The fourth-order valence-corrected chi connectivity index (χ4v) is 4.54. The van der Waals surface area contributed by atoms with Gasteiger partial charge in [0, 0.05) is 4.88 Å². The summed E-state index contributed by atoms with van der Waals surface area (Å²) in [6.45, 7) is 6.26. The minimum atomic E-state index is -0.201. The van der Waals surface area contributed by atoms with Crippen LogP contribution in [0.2, 0.25) is 0 Å². The number of hydrogen-bond donors (Lipinski definition) is 1. The lowest BCUT2D eigenvalue weighted by molar-refractivity contribution is 0.189. The number of aliphatic hydroxyl groups is 1. The maximum Gasteiger partial charge on any atom is 0.262 e. The van der Waals surface area contributed by atoms with Crippen molar-refractivity contribution < 1.29 is 5.11 Å². The first-order valence-corrected chi connectivity index (χ1v) is 8.46. The molecule has 5 heteroatoms. The van der Waals surface area contributed by atoms with Crippen molar-refractivity contribution in [2.45, 2.75) is 46.1 Å². The largest absolute Gasteiger partial charge is 0.394 e. The second kappa shape index (κ2) is 5.54. The molecule has 21 heavy (non-hydrogen) atoms. The lowest BCUT2D eigenvalue weighted by Crippen LogP contribution is -2.30. The van der Waals surface area contributed by atoms with E-state index in [0.717, 1.165) is 29.5 Å². The lowest BCUT2D eigenvalue weighted by Gasteiger charge is -2.21. The smallest absolute Gasteiger partial charge is 0.262 e. The summed E-state index contributed by atoms with van der Waals surface area (Å²) < 4.78 is 1.62. The van der Waals surface area contributed by atoms with E-state index in [1.165, 1.54) is 10.4 Å². The van der Waals surface area contributed by atoms with Gasteiger partial charge < -0.3 is 5.11 Å². The van der Waals surface area contributed by atoms with Crippen LogP contribution >= 0.6 is 11.3 Å². The highest BCUT2D eigenvalue weighted by atomic mass is 32.1. The third kappa shape index (κ3) is 2.42. The molecule has 0 saturated heterocycles. The van der Waals surface area contributed by atoms with Crippen molar-refractivity contribution >= 4 is 21.6 Å². The van der Waals surface area contributed by atoms with Crippen molar-refractivity contribution in [3.8, 4) is 0 Å². The van der Waals surface area contributed by atoms with Crippen LogP contribution < -0.4 is 5.56 Å². The molecule has 2 heterocycles. The van der Waals surface area contributed by atoms with Crippen molar-refractivity contribution in [1.29, 1.82) is 0 Å². The van der Waals surface area contributed by atoms with Gasteiger partial charge in [-0.2, -0.15) is 0 Å². The topological polar surface area (TPSA) is 55.1 Å². The molecule has 2 atom stereocenters. The highest BCUT2D eigenvalue weighted by Gasteiger charge is 2.25. The second-order valence-corrected chi connectivity index (χ2v) is 7.57. The molecule has 0 aromatic carbocycles. The molecule has 0 saturated carbocycles. The molecule has 0 bridgehead atoms. The highest BCUT2D eigenvalue weighted by molar-refractivity contribution is 7.18. The van der Waals surface area contributed by atoms with Crippen LogP contribution in [0.1, 0.15) is 43.7 Å². The summed E-state index contributed by atoms with van der Waals surface area (Å²) in [6, 6.07) is -0.201. The summed E-state index contributed by atoms with van der Waals surface area (Å²) in [6.07, 6.45) is 4.78. The van der Waals surface area contributed by atoms with E-state index in [0.29, 0.717) is 5.92 Å². The Morgan fingerprint density at radius 3 is 2.95 bits per heavy atom. The third-order valence-electron chi connectivity index (χ3n) is 4.55. The van der Waals surface area contributed by atoms with Crippen LogP contribution in [-0.4, -0.2) is 21.3 Å². The average Bonchev–Trinajstić information content (AvgIpc) is 2.79. The molecule has 0 spiro atoms. The van der Waals surface area contributed by atoms with E-state index in [2.05, 4.69) is 11.9 Å². The van der Waals surface area contributed by atoms with E-state index in [4.69, 9.17) is 0 Å². The molecule has 2 unspecified atom stereocenters. The molecule has 2 aromatic rings. The van der Waals surface area contributed by atoms with E-state index >= 15 is 0 Å². The Bertz CT molecular complexity index is 717. The molecular formula is C16H22N2O2S. The Labute approximate surface area is 128 Å². The molecular weight excluding hydrogens is 284 g/mol. The first kappa shape index (κ1) is 14.7. The van der Waals surface area contributed by atoms with Crippen LogP contribution in [0, 0.1) is 11.8 Å². The van der Waals surface area contributed by atoms with Gasteiger partial charge in [0.25, 0.3) is 5.56 Å². The fraction of sp³-hybridized carbons (Fsp3) is 0.625. The zero-order valence-electron chi connectivity index (χ0n) is 12.8. The Balaban J connectivity index is 2.19. The SMILES string of the molecule is CC1CCc2c(sc3ncn(C(CO)C(C)C)c(=O)c23)C1. The number of fused-ring (bicyclic) bond motifs is 3. The monoisotopic (exact) mass is 306 g/mol. The molecule has 0 amide bonds. The van der Waals surface area contributed by atoms with Gasteiger partial charge in [-0.15, -0.1) is 11.3 Å². The molecule has 1 aliphatic carbocycles. The van der Waals surface area contributed by atoms with Gasteiger partial charge in [0.1, 0.15) is 4.83 Å². The van der Waals surface area contributed by atoms with Gasteiger partial charge in [0.2, 0.25) is 0 Å². The molecule has 2 aromatic heterocycles. The predicted octanol–water partition coefficient (Wildman–Crippen LogP) is 2.77. The standard InChI is InChI=1S/C16H22N2O2S/c1-9(2)12(7-19)18-8-17-15-14(16(18)20)11-5-4-10(3)6-13(11)21-15/h8-10,12,19H,4-7H2,1-3H3. The Morgan fingerprint density at radius 2 is 2.29 bits per heavy atom. The van der Waals surface area contributed by atoms with Crippen LogP contribution in [0.25, 0.3) is 10.2 Å². The molecule has 114 valence electrons. The third-order valence-corrected chi connectivity index (χ3v) is 5.72. The van der Waals surface area contributed by atoms with Crippen LogP contribution in [0.3, 0.4) is 0 Å². The number of aryl methyl sites for hydroxylation is 1. The van der Waals surface area contributed by atoms with E-state index in [-0.39, 0.29) is 24.1 Å². The van der Waals surface area contributed by atoms with Gasteiger partial charge in [-0.1, -0.05) is 20.8 Å². The highest BCUT2D eigenvalue weighted by Crippen LogP contribution is 2.35. The maximum atomic E-state index is 12.9. The first-order chi connectivity index (χ1) is 10.0. The van der Waals surface area contributed by atoms with Gasteiger partial charge in [0.05, 0.1) is 24.4 Å². The van der Waals surface area contributed by atoms with Gasteiger partial charge in [-0.05, 0) is 36.7 Å². The van der Waals surface area contributed by atoms with E-state index in [9.17, 15) is 9.90 Å². The second-order valence-electron chi connectivity index (χ2n) is 6.48. The maximum absolute atomic E-state index is 12.9. The normalized spacial score (nSPS) is 20.0. The quantitative estimate of drug-likeness (QED) is 0.948. The minimum absolute atomic E-state index is 0.0137. The minimum Gasteiger partial charge on any atom is -0.394 e. The van der Waals surface area contributed by atoms with Crippen molar-refractivity contribution in [1.82, 2.24) is 9.55 Å². The van der Waals surface area contributed by atoms with Gasteiger partial charge in [-0.25, -0.2) is 4.98 Å². The zero-order chi connectivity index (χ0) is 15.1. The molecule has 0 fully saturated rings. The molecule has 1 aliphatic rings. The summed E-state index contributed by atoms with van der Waals surface area (Å²) in [7, 11) is 0. The number of aliphatic hydroxyl groups excluding tert-OH is 1. The fourth-order valence-electron chi connectivity index (χ4n) is 3.20. The van der Waals surface area contributed by atoms with Gasteiger partial charge in [-0.3, -0.25) is 9.36 Å². The number of hydrogen-bond acceptors (Lipinski definition) is 4. The van der Waals surface area contributed by atoms with Crippen LogP contribution in [0.15, 0.2) is 11.1 Å². The average molecular weight is 306 g/mol. The molecule has 1 N–H and O–H groups in total. The Hall–Kier alpha value is -1.20. The van der Waals surface area contributed by atoms with Crippen LogP contribution in [0.4, 0.5) is 0 Å². The number of rotatable bonds is 3. The zero-order valence-corrected chi connectivity index (χ0v) is 13.6. The van der Waals surface area contributed by atoms with E-state index < -0.39 is 0 Å². The molecule has 4 nitrogen and oxygen atoms in total. The number of nitrogens with zero attached hydrogens (tertiary/aromatic N) is 2. The molecule has 0 radical (unpaired) electrons. The van der Waals surface area contributed by atoms with Gasteiger partial charge >= 0.3 is 0 Å². The predicted molar refractivity (Wildman–Crippen MR) is 86.0 cm³/mol. The Kier molecular flexibility index (Phi) is 3.88.